The maximum absolute atomic E-state index is 12.6. The van der Waals surface area contributed by atoms with E-state index in [1.807, 2.05) is 35.1 Å². The maximum Gasteiger partial charge on any atom is 0.289 e. The Morgan fingerprint density at radius 3 is 2.74 bits per heavy atom. The Labute approximate surface area is 157 Å². The number of carbonyl (C=O) groups excluding carboxylic acids is 1. The molecule has 4 rings (SSSR count). The van der Waals surface area contributed by atoms with Crippen LogP contribution in [0.4, 0.5) is 0 Å². The average molecular weight is 366 g/mol. The van der Waals surface area contributed by atoms with Crippen molar-refractivity contribution in [3.05, 3.63) is 59.1 Å². The third-order valence-electron chi connectivity index (χ3n) is 4.92. The van der Waals surface area contributed by atoms with Crippen LogP contribution in [0.1, 0.15) is 52.3 Å². The van der Waals surface area contributed by atoms with Gasteiger partial charge >= 0.3 is 0 Å². The maximum atomic E-state index is 12.6. The number of rotatable bonds is 4. The minimum atomic E-state index is -0.233. The molecule has 0 saturated heterocycles. The van der Waals surface area contributed by atoms with Crippen molar-refractivity contribution < 1.29 is 13.9 Å². The molecule has 0 bridgehead atoms. The second-order valence-corrected chi connectivity index (χ2v) is 6.72. The molecule has 1 aliphatic rings. The number of ether oxygens (including phenoxy) is 1. The smallest absolute Gasteiger partial charge is 0.289 e. The highest BCUT2D eigenvalue weighted by Crippen LogP contribution is 2.31. The summed E-state index contributed by atoms with van der Waals surface area (Å²) >= 11 is 0. The molecule has 1 atom stereocenters. The van der Waals surface area contributed by atoms with E-state index in [0.717, 1.165) is 42.0 Å². The van der Waals surface area contributed by atoms with Crippen molar-refractivity contribution in [2.24, 2.45) is 0 Å². The fourth-order valence-electron chi connectivity index (χ4n) is 3.62. The van der Waals surface area contributed by atoms with Gasteiger partial charge in [0.1, 0.15) is 5.75 Å². The molecule has 7 nitrogen and oxygen atoms in total. The number of aromatic nitrogens is 3. The third-order valence-corrected chi connectivity index (χ3v) is 4.92. The molecule has 0 fully saturated rings. The molecule has 2 heterocycles. The van der Waals surface area contributed by atoms with E-state index in [0.29, 0.717) is 11.6 Å². The van der Waals surface area contributed by atoms with Gasteiger partial charge in [-0.25, -0.2) is 9.67 Å². The number of benzene rings is 1. The Kier molecular flexibility index (Phi) is 4.43. The molecular weight excluding hydrogens is 344 g/mol. The lowest BCUT2D eigenvalue weighted by Gasteiger charge is -2.24. The van der Waals surface area contributed by atoms with Crippen molar-refractivity contribution in [3.63, 3.8) is 0 Å². The highest BCUT2D eigenvalue weighted by molar-refractivity contribution is 5.92. The highest BCUT2D eigenvalue weighted by Gasteiger charge is 2.28. The van der Waals surface area contributed by atoms with Gasteiger partial charge in [-0.1, -0.05) is 0 Å². The highest BCUT2D eigenvalue weighted by atomic mass is 16.5. The second kappa shape index (κ2) is 6.90. The van der Waals surface area contributed by atoms with Crippen LogP contribution >= 0.6 is 0 Å². The molecule has 3 aromatic rings. The first-order valence-corrected chi connectivity index (χ1v) is 9.03. The number of oxazole rings is 1. The van der Waals surface area contributed by atoms with Crippen molar-refractivity contribution in [2.75, 3.05) is 7.11 Å². The Morgan fingerprint density at radius 1 is 1.30 bits per heavy atom. The number of aryl methyl sites for hydroxylation is 2. The van der Waals surface area contributed by atoms with Gasteiger partial charge in [-0.2, -0.15) is 5.10 Å². The SMILES string of the molecule is COc1ccc(-n2ncc3c2CCCC3NC(=O)c2oc(C)nc2C)cc1. The molecule has 0 saturated carbocycles. The number of carbonyl (C=O) groups is 1. The summed E-state index contributed by atoms with van der Waals surface area (Å²) < 4.78 is 12.6. The molecule has 2 aromatic heterocycles. The van der Waals surface area contributed by atoms with Gasteiger partial charge in [-0.15, -0.1) is 0 Å². The molecule has 140 valence electrons. The lowest BCUT2D eigenvalue weighted by Crippen LogP contribution is -2.31. The minimum Gasteiger partial charge on any atom is -0.497 e. The van der Waals surface area contributed by atoms with Crippen LogP contribution in [-0.4, -0.2) is 27.8 Å². The monoisotopic (exact) mass is 366 g/mol. The lowest BCUT2D eigenvalue weighted by atomic mass is 9.92. The molecule has 1 unspecified atom stereocenters. The molecular formula is C20H22N4O3. The predicted octanol–water partition coefficient (Wildman–Crippen LogP) is 3.29. The minimum absolute atomic E-state index is 0.0851. The fourth-order valence-corrected chi connectivity index (χ4v) is 3.62. The van der Waals surface area contributed by atoms with E-state index in [1.54, 1.807) is 21.0 Å². The van der Waals surface area contributed by atoms with E-state index in [4.69, 9.17) is 9.15 Å². The van der Waals surface area contributed by atoms with Gasteiger partial charge in [0.2, 0.25) is 5.76 Å². The Balaban J connectivity index is 1.59. The third kappa shape index (κ3) is 3.20. The van der Waals surface area contributed by atoms with Crippen molar-refractivity contribution >= 4 is 5.91 Å². The van der Waals surface area contributed by atoms with Crippen LogP contribution in [0.5, 0.6) is 5.75 Å². The zero-order valence-electron chi connectivity index (χ0n) is 15.7. The zero-order valence-corrected chi connectivity index (χ0v) is 15.7. The van der Waals surface area contributed by atoms with E-state index in [1.165, 1.54) is 0 Å². The molecule has 0 aliphatic heterocycles. The second-order valence-electron chi connectivity index (χ2n) is 6.72. The van der Waals surface area contributed by atoms with Gasteiger partial charge in [0.05, 0.1) is 30.7 Å². The van der Waals surface area contributed by atoms with Gasteiger partial charge in [-0.3, -0.25) is 4.79 Å². The molecule has 1 aliphatic carbocycles. The molecule has 7 heteroatoms. The number of amides is 1. The van der Waals surface area contributed by atoms with Crippen LogP contribution in [0.15, 0.2) is 34.9 Å². The standard InChI is InChI=1S/C20H22N4O3/c1-12-19(27-13(2)22-12)20(25)23-17-5-4-6-18-16(17)11-21-24(18)14-7-9-15(26-3)10-8-14/h7-11,17H,4-6H2,1-3H3,(H,23,25). The fraction of sp³-hybridized carbons (Fsp3) is 0.350. The van der Waals surface area contributed by atoms with Crippen molar-refractivity contribution in [3.8, 4) is 11.4 Å². The summed E-state index contributed by atoms with van der Waals surface area (Å²) in [6, 6.07) is 7.71. The largest absolute Gasteiger partial charge is 0.497 e. The topological polar surface area (TPSA) is 82.2 Å². The van der Waals surface area contributed by atoms with Gasteiger partial charge in [0, 0.05) is 18.2 Å². The predicted molar refractivity (Wildman–Crippen MR) is 99.2 cm³/mol. The van der Waals surface area contributed by atoms with Crippen LogP contribution in [-0.2, 0) is 6.42 Å². The zero-order chi connectivity index (χ0) is 19.0. The lowest BCUT2D eigenvalue weighted by molar-refractivity contribution is 0.0902. The number of nitrogens with one attached hydrogen (secondary N) is 1. The molecule has 1 N–H and O–H groups in total. The summed E-state index contributed by atoms with van der Waals surface area (Å²) in [4.78, 5) is 16.8. The number of fused-ring (bicyclic) bond motifs is 1. The number of hydrogen-bond donors (Lipinski definition) is 1. The van der Waals surface area contributed by atoms with E-state index in [-0.39, 0.29) is 17.7 Å². The summed E-state index contributed by atoms with van der Waals surface area (Å²) in [6.07, 6.45) is 4.63. The van der Waals surface area contributed by atoms with Gasteiger partial charge in [0.25, 0.3) is 5.91 Å². The van der Waals surface area contributed by atoms with Crippen LogP contribution in [0.25, 0.3) is 5.69 Å². The number of hydrogen-bond acceptors (Lipinski definition) is 5. The van der Waals surface area contributed by atoms with Crippen molar-refractivity contribution in [1.82, 2.24) is 20.1 Å². The summed E-state index contributed by atoms with van der Waals surface area (Å²) in [5, 5.41) is 7.65. The number of nitrogens with zero attached hydrogens (tertiary/aromatic N) is 3. The quantitative estimate of drug-likeness (QED) is 0.766. The van der Waals surface area contributed by atoms with E-state index in [9.17, 15) is 4.79 Å². The first-order chi connectivity index (χ1) is 13.1. The van der Waals surface area contributed by atoms with Crippen LogP contribution in [0.3, 0.4) is 0 Å². The summed E-state index contributed by atoms with van der Waals surface area (Å²) in [6.45, 7) is 3.51. The Hall–Kier alpha value is -3.09. The van der Waals surface area contributed by atoms with Crippen LogP contribution < -0.4 is 10.1 Å². The van der Waals surface area contributed by atoms with Crippen molar-refractivity contribution in [1.29, 1.82) is 0 Å². The molecule has 1 aromatic carbocycles. The molecule has 1 amide bonds. The van der Waals surface area contributed by atoms with E-state index in [2.05, 4.69) is 15.4 Å². The summed E-state index contributed by atoms with van der Waals surface area (Å²) in [7, 11) is 1.65. The molecule has 0 radical (unpaired) electrons. The summed E-state index contributed by atoms with van der Waals surface area (Å²) in [5.74, 6) is 1.35. The van der Waals surface area contributed by atoms with Crippen molar-refractivity contribution in [2.45, 2.75) is 39.2 Å². The van der Waals surface area contributed by atoms with E-state index >= 15 is 0 Å². The number of methoxy groups -OCH3 is 1. The normalized spacial score (nSPS) is 16.0. The molecule has 27 heavy (non-hydrogen) atoms. The Bertz CT molecular complexity index is 972. The van der Waals surface area contributed by atoms with Gasteiger partial charge in [-0.05, 0) is 50.5 Å². The van der Waals surface area contributed by atoms with Gasteiger partial charge < -0.3 is 14.5 Å². The van der Waals surface area contributed by atoms with Crippen LogP contribution in [0, 0.1) is 13.8 Å². The first kappa shape index (κ1) is 17.3. The molecule has 0 spiro atoms. The average Bonchev–Trinajstić information content (AvgIpc) is 3.25. The van der Waals surface area contributed by atoms with Crippen LogP contribution in [0.2, 0.25) is 0 Å². The van der Waals surface area contributed by atoms with Gasteiger partial charge in [0.15, 0.2) is 5.89 Å². The Morgan fingerprint density at radius 2 is 2.07 bits per heavy atom. The van der Waals surface area contributed by atoms with E-state index < -0.39 is 0 Å². The summed E-state index contributed by atoms with van der Waals surface area (Å²) in [5.41, 5.74) is 3.77. The first-order valence-electron chi connectivity index (χ1n) is 9.03.